The molecular formula is C3H5NO4. The molecule has 0 radical (unpaired) electrons. The van der Waals surface area contributed by atoms with Crippen molar-refractivity contribution in [1.82, 2.24) is 0 Å². The molecule has 0 heterocycles. The van der Waals surface area contributed by atoms with Crippen LogP contribution in [0.1, 0.15) is 9.11 Å². The van der Waals surface area contributed by atoms with Gasteiger partial charge in [-0.3, -0.25) is 14.9 Å². The number of carboxylic acid groups (broad SMARTS) is 1. The summed E-state index contributed by atoms with van der Waals surface area (Å²) in [5, 5.41) is 17.6. The van der Waals surface area contributed by atoms with Crippen molar-refractivity contribution in [2.75, 3.05) is 6.54 Å². The van der Waals surface area contributed by atoms with Gasteiger partial charge in [-0.1, -0.05) is 0 Å². The lowest BCUT2D eigenvalue weighted by Gasteiger charge is -1.84. The molecule has 0 unspecified atom stereocenters. The van der Waals surface area contributed by atoms with Gasteiger partial charge in [-0.25, -0.2) is 0 Å². The van der Waals surface area contributed by atoms with E-state index in [1.807, 2.05) is 0 Å². The van der Waals surface area contributed by atoms with E-state index in [1.165, 1.54) is 0 Å². The van der Waals surface area contributed by atoms with Crippen molar-refractivity contribution in [3.63, 3.8) is 0 Å². The Bertz CT molecular complexity index is 168. The molecule has 8 heavy (non-hydrogen) atoms. The van der Waals surface area contributed by atoms with Gasteiger partial charge in [0.2, 0.25) is 6.54 Å². The molecule has 0 aliphatic rings. The molecule has 0 rings (SSSR count). The van der Waals surface area contributed by atoms with Crippen LogP contribution in [-0.4, -0.2) is 22.5 Å². The van der Waals surface area contributed by atoms with Crippen molar-refractivity contribution in [3.05, 3.63) is 10.1 Å². The molecule has 0 atom stereocenters. The average Bonchev–Trinajstić information content (AvgIpc) is 1.60. The van der Waals surface area contributed by atoms with Crippen molar-refractivity contribution in [2.24, 2.45) is 0 Å². The molecule has 0 saturated carbocycles. The Kier molecular flexibility index (Phi) is 1.41. The monoisotopic (exact) mass is 121 g/mol. The highest BCUT2D eigenvalue weighted by molar-refractivity contribution is 5.66. The molecule has 0 aromatic rings. The van der Waals surface area contributed by atoms with Gasteiger partial charge in [0.25, 0.3) is 0 Å². The lowest BCUT2D eigenvalue weighted by Crippen LogP contribution is -2.06. The van der Waals surface area contributed by atoms with Crippen molar-refractivity contribution >= 4 is 5.97 Å². The SMILES string of the molecule is [2H]C([2H])(C[N+](=O)[O-])C(=O)O. The first kappa shape index (κ1) is 3.82. The van der Waals surface area contributed by atoms with Gasteiger partial charge in [-0.2, -0.15) is 0 Å². The third-order valence-corrected chi connectivity index (χ3v) is 0.359. The summed E-state index contributed by atoms with van der Waals surface area (Å²) in [5.41, 5.74) is 0. The van der Waals surface area contributed by atoms with E-state index in [1.54, 1.807) is 0 Å². The van der Waals surface area contributed by atoms with E-state index in [-0.39, 0.29) is 0 Å². The van der Waals surface area contributed by atoms with Crippen LogP contribution in [0.5, 0.6) is 0 Å². The molecule has 0 aliphatic heterocycles. The topological polar surface area (TPSA) is 80.4 Å². The fourth-order valence-electron chi connectivity index (χ4n) is 0.132. The van der Waals surface area contributed by atoms with Crippen LogP contribution >= 0.6 is 0 Å². The number of rotatable bonds is 3. The summed E-state index contributed by atoms with van der Waals surface area (Å²) in [6.45, 7) is -1.21. The Hall–Kier alpha value is -1.13. The highest BCUT2D eigenvalue weighted by Crippen LogP contribution is 1.77. The fraction of sp³-hybridized carbons (Fsp3) is 0.667. The van der Waals surface area contributed by atoms with Crippen LogP contribution in [0, 0.1) is 10.1 Å². The van der Waals surface area contributed by atoms with E-state index in [0.29, 0.717) is 0 Å². The van der Waals surface area contributed by atoms with Crippen molar-refractivity contribution in [1.29, 1.82) is 0 Å². The molecule has 0 amide bonds. The van der Waals surface area contributed by atoms with E-state index in [0.717, 1.165) is 0 Å². The summed E-state index contributed by atoms with van der Waals surface area (Å²) in [5.74, 6) is -1.82. The van der Waals surface area contributed by atoms with Crippen LogP contribution in [0.3, 0.4) is 0 Å². The zero-order valence-electron chi connectivity index (χ0n) is 5.83. The molecule has 46 valence electrons. The molecule has 0 bridgehead atoms. The van der Waals surface area contributed by atoms with Gasteiger partial charge in [0, 0.05) is 7.66 Å². The first-order valence-electron chi connectivity index (χ1n) is 2.71. The average molecular weight is 121 g/mol. The fourth-order valence-corrected chi connectivity index (χ4v) is 0.132. The molecule has 5 heteroatoms. The summed E-state index contributed by atoms with van der Waals surface area (Å²) < 4.78 is 13.1. The maximum absolute atomic E-state index is 9.88. The van der Waals surface area contributed by atoms with Crippen LogP contribution < -0.4 is 0 Å². The largest absolute Gasteiger partial charge is 0.481 e. The van der Waals surface area contributed by atoms with Crippen molar-refractivity contribution in [2.45, 2.75) is 6.37 Å². The van der Waals surface area contributed by atoms with Crippen LogP contribution in [-0.2, 0) is 4.79 Å². The summed E-state index contributed by atoms with van der Waals surface area (Å²) >= 11 is 0. The van der Waals surface area contributed by atoms with Gasteiger partial charge < -0.3 is 5.11 Å². The number of hydrogen-bond donors (Lipinski definition) is 1. The lowest BCUT2D eigenvalue weighted by atomic mass is 10.4. The molecule has 1 N–H and O–H groups in total. The Balaban J connectivity index is 4.13. The smallest absolute Gasteiger partial charge is 0.310 e. The predicted molar refractivity (Wildman–Crippen MR) is 24.1 cm³/mol. The second kappa shape index (κ2) is 2.95. The summed E-state index contributed by atoms with van der Waals surface area (Å²) in [6.07, 6.45) is -2.76. The molecule has 0 saturated heterocycles. The summed E-state index contributed by atoms with van der Waals surface area (Å²) in [4.78, 5) is 18.5. The lowest BCUT2D eigenvalue weighted by molar-refractivity contribution is -0.478. The minimum atomic E-state index is -2.76. The van der Waals surface area contributed by atoms with Gasteiger partial charge in [0.15, 0.2) is 0 Å². The second-order valence-electron chi connectivity index (χ2n) is 0.973. The number of carbonyl (C=O) groups is 1. The highest BCUT2D eigenvalue weighted by atomic mass is 16.6. The number of nitro groups is 1. The van der Waals surface area contributed by atoms with Gasteiger partial charge >= 0.3 is 5.97 Å². The van der Waals surface area contributed by atoms with E-state index < -0.39 is 23.8 Å². The van der Waals surface area contributed by atoms with Gasteiger partial charge in [0.1, 0.15) is 6.37 Å². The molecule has 0 aromatic heterocycles. The first-order chi connectivity index (χ1) is 4.36. The zero-order valence-corrected chi connectivity index (χ0v) is 3.83. The summed E-state index contributed by atoms with van der Waals surface area (Å²) in [7, 11) is 0. The number of nitrogens with zero attached hydrogens (tertiary/aromatic N) is 1. The van der Waals surface area contributed by atoms with E-state index in [9.17, 15) is 14.9 Å². The Morgan fingerprint density at radius 3 is 2.62 bits per heavy atom. The zero-order chi connectivity index (χ0) is 8.36. The van der Waals surface area contributed by atoms with Crippen LogP contribution in [0.25, 0.3) is 0 Å². The van der Waals surface area contributed by atoms with Gasteiger partial charge in [-0.05, 0) is 0 Å². The minimum Gasteiger partial charge on any atom is -0.481 e. The van der Waals surface area contributed by atoms with E-state index in [4.69, 9.17) is 7.85 Å². The Morgan fingerprint density at radius 2 is 2.50 bits per heavy atom. The number of aliphatic carboxylic acids is 1. The van der Waals surface area contributed by atoms with Crippen molar-refractivity contribution in [3.8, 4) is 0 Å². The Morgan fingerprint density at radius 1 is 2.00 bits per heavy atom. The van der Waals surface area contributed by atoms with Gasteiger partial charge in [-0.15, -0.1) is 0 Å². The maximum Gasteiger partial charge on any atom is 0.310 e. The molecule has 0 spiro atoms. The third kappa shape index (κ3) is 4.87. The molecule has 0 aromatic carbocycles. The minimum absolute atomic E-state index is 1.01. The number of carboxylic acids is 1. The van der Waals surface area contributed by atoms with Crippen molar-refractivity contribution < 1.29 is 17.6 Å². The van der Waals surface area contributed by atoms with E-state index >= 15 is 0 Å². The molecule has 5 nitrogen and oxygen atoms in total. The molecule has 0 aliphatic carbocycles. The maximum atomic E-state index is 9.88. The quantitative estimate of drug-likeness (QED) is 0.412. The molecule has 0 fully saturated rings. The molecular weight excluding hydrogens is 114 g/mol. The standard InChI is InChI=1S/C3H5NO4/c5-3(6)1-2-4(7)8/h1-2H2,(H,5,6)/i1D2. The Labute approximate surface area is 47.9 Å². The predicted octanol–water partition coefficient (Wildman–Crippen LogP) is -0.262. The van der Waals surface area contributed by atoms with Crippen LogP contribution in [0.2, 0.25) is 0 Å². The first-order valence-corrected chi connectivity index (χ1v) is 1.71. The van der Waals surface area contributed by atoms with E-state index in [2.05, 4.69) is 0 Å². The second-order valence-corrected chi connectivity index (χ2v) is 0.973. The van der Waals surface area contributed by atoms with Crippen LogP contribution in [0.15, 0.2) is 0 Å². The normalized spacial score (nSPS) is 14.0. The van der Waals surface area contributed by atoms with Crippen LogP contribution in [0.4, 0.5) is 0 Å². The highest BCUT2D eigenvalue weighted by Gasteiger charge is 2.01. The number of hydrogen-bond acceptors (Lipinski definition) is 3. The van der Waals surface area contributed by atoms with Gasteiger partial charge in [0.05, 0.1) is 0 Å². The summed E-state index contributed by atoms with van der Waals surface area (Å²) in [6, 6.07) is 0. The third-order valence-electron chi connectivity index (χ3n) is 0.359.